The number of ether oxygens (including phenoxy) is 1. The summed E-state index contributed by atoms with van der Waals surface area (Å²) in [6.07, 6.45) is -0.185. The van der Waals surface area contributed by atoms with Crippen molar-refractivity contribution in [3.05, 3.63) is 0 Å². The summed E-state index contributed by atoms with van der Waals surface area (Å²) in [7, 11) is -3.47. The van der Waals surface area contributed by atoms with Crippen LogP contribution in [0.2, 0.25) is 0 Å². The number of nitrogens with one attached hydrogen (secondary N) is 1. The van der Waals surface area contributed by atoms with E-state index in [1.165, 1.54) is 18.2 Å². The monoisotopic (exact) mass is 322 g/mol. The third-order valence-electron chi connectivity index (χ3n) is 3.26. The maximum absolute atomic E-state index is 12.0. The van der Waals surface area contributed by atoms with Gasteiger partial charge in [0, 0.05) is 26.1 Å². The number of sulfonamides is 1. The summed E-state index contributed by atoms with van der Waals surface area (Å²) in [6, 6.07) is 0. The Hall–Kier alpha value is -1.19. The van der Waals surface area contributed by atoms with Crippen LogP contribution in [0.5, 0.6) is 0 Å². The predicted octanol–water partition coefficient (Wildman–Crippen LogP) is -0.734. The molecular weight excluding hydrogens is 300 g/mol. The van der Waals surface area contributed by atoms with Gasteiger partial charge in [0.15, 0.2) is 0 Å². The normalized spacial score (nSPS) is 17.4. The summed E-state index contributed by atoms with van der Waals surface area (Å²) >= 11 is 0. The minimum atomic E-state index is -3.47. The molecule has 0 saturated carbocycles. The lowest BCUT2D eigenvalue weighted by Crippen LogP contribution is -2.43. The smallest absolute Gasteiger partial charge is 0.310 e. The molecule has 0 aromatic rings. The molecule has 0 aromatic heterocycles. The Labute approximate surface area is 124 Å². The van der Waals surface area contributed by atoms with Gasteiger partial charge in [-0.05, 0) is 13.8 Å². The molecule has 1 amide bonds. The molecule has 1 saturated heterocycles. The first-order valence-electron chi connectivity index (χ1n) is 6.71. The zero-order valence-electron chi connectivity index (χ0n) is 12.3. The third kappa shape index (κ3) is 5.60. The fourth-order valence-electron chi connectivity index (χ4n) is 1.66. The number of morpholine rings is 1. The highest BCUT2D eigenvalue weighted by atomic mass is 32.2. The number of amides is 1. The van der Waals surface area contributed by atoms with E-state index in [2.05, 4.69) is 5.32 Å². The van der Waals surface area contributed by atoms with Crippen LogP contribution in [0, 0.1) is 5.41 Å². The molecular formula is C12H22N2O6S. The molecule has 0 aliphatic carbocycles. The highest BCUT2D eigenvalue weighted by Crippen LogP contribution is 2.13. The second kappa shape index (κ2) is 7.19. The number of hydrogen-bond acceptors (Lipinski definition) is 5. The molecule has 1 fully saturated rings. The summed E-state index contributed by atoms with van der Waals surface area (Å²) in [5.74, 6) is -1.78. The van der Waals surface area contributed by atoms with Crippen molar-refractivity contribution >= 4 is 21.9 Å². The van der Waals surface area contributed by atoms with Crippen LogP contribution >= 0.6 is 0 Å². The topological polar surface area (TPSA) is 113 Å². The van der Waals surface area contributed by atoms with E-state index in [-0.39, 0.29) is 18.7 Å². The van der Waals surface area contributed by atoms with Crippen molar-refractivity contribution in [3.8, 4) is 0 Å². The fourth-order valence-corrected chi connectivity index (χ4v) is 3.07. The van der Waals surface area contributed by atoms with Crippen molar-refractivity contribution in [3.63, 3.8) is 0 Å². The summed E-state index contributed by atoms with van der Waals surface area (Å²) < 4.78 is 30.4. The van der Waals surface area contributed by atoms with E-state index in [1.807, 2.05) is 0 Å². The average Bonchev–Trinajstić information content (AvgIpc) is 2.44. The van der Waals surface area contributed by atoms with Gasteiger partial charge in [-0.3, -0.25) is 9.59 Å². The van der Waals surface area contributed by atoms with Gasteiger partial charge in [-0.15, -0.1) is 0 Å². The largest absolute Gasteiger partial charge is 0.481 e. The van der Waals surface area contributed by atoms with Gasteiger partial charge < -0.3 is 15.2 Å². The lowest BCUT2D eigenvalue weighted by atomic mass is 9.94. The van der Waals surface area contributed by atoms with Crippen LogP contribution in [0.25, 0.3) is 0 Å². The van der Waals surface area contributed by atoms with Gasteiger partial charge in [0.1, 0.15) is 0 Å². The van der Waals surface area contributed by atoms with Crippen LogP contribution in [0.15, 0.2) is 0 Å². The lowest BCUT2D eigenvalue weighted by Gasteiger charge is -2.26. The summed E-state index contributed by atoms with van der Waals surface area (Å²) in [5, 5.41) is 11.4. The van der Waals surface area contributed by atoms with Crippen molar-refractivity contribution in [1.82, 2.24) is 9.62 Å². The van der Waals surface area contributed by atoms with E-state index in [9.17, 15) is 18.0 Å². The van der Waals surface area contributed by atoms with Crippen molar-refractivity contribution in [2.24, 2.45) is 5.41 Å². The maximum Gasteiger partial charge on any atom is 0.310 e. The van der Waals surface area contributed by atoms with Gasteiger partial charge in [0.25, 0.3) is 0 Å². The first kappa shape index (κ1) is 17.9. The highest BCUT2D eigenvalue weighted by Gasteiger charge is 2.28. The minimum absolute atomic E-state index is 0.0429. The number of aliphatic carboxylic acids is 1. The molecule has 9 heteroatoms. The van der Waals surface area contributed by atoms with Crippen LogP contribution in [-0.4, -0.2) is 68.3 Å². The van der Waals surface area contributed by atoms with Crippen LogP contribution in [0.1, 0.15) is 20.3 Å². The zero-order chi connectivity index (χ0) is 16.1. The molecule has 0 spiro atoms. The molecule has 1 aliphatic heterocycles. The van der Waals surface area contributed by atoms with Gasteiger partial charge in [0.05, 0.1) is 24.4 Å². The number of carbonyl (C=O) groups excluding carboxylic acids is 1. The molecule has 0 bridgehead atoms. The van der Waals surface area contributed by atoms with Gasteiger partial charge in [-0.1, -0.05) is 0 Å². The summed E-state index contributed by atoms with van der Waals surface area (Å²) in [5.41, 5.74) is -1.08. The molecule has 0 unspecified atom stereocenters. The van der Waals surface area contributed by atoms with Crippen LogP contribution < -0.4 is 5.32 Å². The molecule has 122 valence electrons. The standard InChI is InChI=1S/C12H22N2O6S/c1-12(2,11(16)17)9-13-10(15)3-8-21(18,19)14-4-6-20-7-5-14/h3-9H2,1-2H3,(H,13,15)(H,16,17). The Balaban J connectivity index is 2.40. The number of carboxylic acids is 1. The molecule has 0 aromatic carbocycles. The Morgan fingerprint density at radius 1 is 1.29 bits per heavy atom. The number of nitrogens with zero attached hydrogens (tertiary/aromatic N) is 1. The first-order chi connectivity index (χ1) is 9.65. The van der Waals surface area contributed by atoms with Crippen molar-refractivity contribution < 1.29 is 27.9 Å². The van der Waals surface area contributed by atoms with E-state index < -0.39 is 27.3 Å². The second-order valence-corrected chi connectivity index (χ2v) is 7.63. The molecule has 21 heavy (non-hydrogen) atoms. The molecule has 2 N–H and O–H groups in total. The second-order valence-electron chi connectivity index (χ2n) is 5.54. The Bertz CT molecular complexity index is 482. The van der Waals surface area contributed by atoms with Crippen LogP contribution in [0.3, 0.4) is 0 Å². The van der Waals surface area contributed by atoms with Crippen molar-refractivity contribution in [2.75, 3.05) is 38.6 Å². The van der Waals surface area contributed by atoms with Crippen LogP contribution in [0.4, 0.5) is 0 Å². The third-order valence-corrected chi connectivity index (χ3v) is 5.13. The maximum atomic E-state index is 12.0. The summed E-state index contributed by atoms with van der Waals surface area (Å²) in [4.78, 5) is 22.5. The quantitative estimate of drug-likeness (QED) is 0.638. The van der Waals surface area contributed by atoms with E-state index >= 15 is 0 Å². The van der Waals surface area contributed by atoms with Crippen molar-refractivity contribution in [2.45, 2.75) is 20.3 Å². The summed E-state index contributed by atoms with van der Waals surface area (Å²) in [6.45, 7) is 4.25. The first-order valence-corrected chi connectivity index (χ1v) is 8.32. The Kier molecular flexibility index (Phi) is 6.11. The van der Waals surface area contributed by atoms with Crippen LogP contribution in [-0.2, 0) is 24.3 Å². The van der Waals surface area contributed by atoms with E-state index in [1.54, 1.807) is 0 Å². The lowest BCUT2D eigenvalue weighted by molar-refractivity contribution is -0.146. The SMILES string of the molecule is CC(C)(CNC(=O)CCS(=O)(=O)N1CCOCC1)C(=O)O. The molecule has 1 rings (SSSR count). The molecule has 0 radical (unpaired) electrons. The number of carbonyl (C=O) groups is 2. The predicted molar refractivity (Wildman–Crippen MR) is 75.2 cm³/mol. The molecule has 0 atom stereocenters. The van der Waals surface area contributed by atoms with E-state index in [4.69, 9.17) is 9.84 Å². The molecule has 1 heterocycles. The minimum Gasteiger partial charge on any atom is -0.481 e. The molecule has 8 nitrogen and oxygen atoms in total. The van der Waals surface area contributed by atoms with Gasteiger partial charge in [-0.25, -0.2) is 8.42 Å². The number of carboxylic acid groups (broad SMARTS) is 1. The van der Waals surface area contributed by atoms with E-state index in [0.717, 1.165) is 0 Å². The van der Waals surface area contributed by atoms with Gasteiger partial charge in [0.2, 0.25) is 15.9 Å². The van der Waals surface area contributed by atoms with E-state index in [0.29, 0.717) is 26.3 Å². The average molecular weight is 322 g/mol. The number of hydrogen-bond donors (Lipinski definition) is 2. The Morgan fingerprint density at radius 3 is 2.38 bits per heavy atom. The van der Waals surface area contributed by atoms with Crippen molar-refractivity contribution in [1.29, 1.82) is 0 Å². The molecule has 1 aliphatic rings. The fraction of sp³-hybridized carbons (Fsp3) is 0.833. The van der Waals surface area contributed by atoms with Gasteiger partial charge in [-0.2, -0.15) is 4.31 Å². The zero-order valence-corrected chi connectivity index (χ0v) is 13.1. The Morgan fingerprint density at radius 2 is 1.86 bits per heavy atom. The van der Waals surface area contributed by atoms with Gasteiger partial charge >= 0.3 is 5.97 Å². The highest BCUT2D eigenvalue weighted by molar-refractivity contribution is 7.89. The number of rotatable bonds is 7.